The number of hydrogen-bond acceptors (Lipinski definition) is 2. The second-order valence-electron chi connectivity index (χ2n) is 4.21. The number of carbonyl (C=O) groups is 1. The van der Waals surface area contributed by atoms with Gasteiger partial charge in [0.15, 0.2) is 0 Å². The highest BCUT2D eigenvalue weighted by Gasteiger charge is 2.11. The Labute approximate surface area is 117 Å². The molecule has 0 heterocycles. The van der Waals surface area contributed by atoms with E-state index in [1.165, 1.54) is 0 Å². The van der Waals surface area contributed by atoms with Crippen LogP contribution in [0.5, 0.6) is 0 Å². The Hall–Kier alpha value is -2.00. The number of nitrogens with one attached hydrogen (secondary N) is 1. The first-order chi connectivity index (χ1) is 9.11. The zero-order valence-electron chi connectivity index (χ0n) is 10.6. The first-order valence-corrected chi connectivity index (χ1v) is 6.44. The van der Waals surface area contributed by atoms with Crippen LogP contribution in [0.2, 0.25) is 5.02 Å². The van der Waals surface area contributed by atoms with Gasteiger partial charge in [-0.15, -0.1) is 0 Å². The molecule has 2 aromatic rings. The number of carbonyl (C=O) groups excluding carboxylic acids is 1. The maximum atomic E-state index is 12.1. The number of aryl methyl sites for hydroxylation is 1. The fourth-order valence-electron chi connectivity index (χ4n) is 1.80. The molecule has 0 atom stereocenters. The van der Waals surface area contributed by atoms with E-state index in [1.54, 1.807) is 18.2 Å². The number of benzene rings is 2. The zero-order chi connectivity index (χ0) is 13.8. The van der Waals surface area contributed by atoms with Gasteiger partial charge in [0.2, 0.25) is 0 Å². The molecule has 2 rings (SSSR count). The van der Waals surface area contributed by atoms with E-state index < -0.39 is 0 Å². The summed E-state index contributed by atoms with van der Waals surface area (Å²) in [4.78, 5) is 12.1. The number of anilines is 2. The molecule has 0 unspecified atom stereocenters. The van der Waals surface area contributed by atoms with E-state index in [4.69, 9.17) is 17.3 Å². The highest BCUT2D eigenvalue weighted by Crippen LogP contribution is 2.23. The fraction of sp³-hybridized carbons (Fsp3) is 0.133. The summed E-state index contributed by atoms with van der Waals surface area (Å²) < 4.78 is 0. The van der Waals surface area contributed by atoms with Crippen LogP contribution in [0.1, 0.15) is 22.8 Å². The normalized spacial score (nSPS) is 10.2. The molecule has 0 radical (unpaired) electrons. The van der Waals surface area contributed by atoms with E-state index in [1.807, 2.05) is 24.3 Å². The monoisotopic (exact) mass is 274 g/mol. The SMILES string of the molecule is CCc1cccc(NC(=O)c2cccc(Cl)c2N)c1. The smallest absolute Gasteiger partial charge is 0.257 e. The lowest BCUT2D eigenvalue weighted by molar-refractivity contribution is 0.102. The molecule has 0 saturated heterocycles. The van der Waals surface area contributed by atoms with Crippen molar-refractivity contribution >= 4 is 28.9 Å². The van der Waals surface area contributed by atoms with Crippen molar-refractivity contribution < 1.29 is 4.79 Å². The van der Waals surface area contributed by atoms with Crippen LogP contribution in [0.3, 0.4) is 0 Å². The quantitative estimate of drug-likeness (QED) is 0.838. The minimum atomic E-state index is -0.256. The Morgan fingerprint density at radius 1 is 1.26 bits per heavy atom. The Morgan fingerprint density at radius 2 is 2.00 bits per heavy atom. The summed E-state index contributed by atoms with van der Waals surface area (Å²) in [5.41, 5.74) is 8.40. The molecular weight excluding hydrogens is 260 g/mol. The maximum absolute atomic E-state index is 12.1. The van der Waals surface area contributed by atoms with Crippen molar-refractivity contribution in [2.24, 2.45) is 0 Å². The zero-order valence-corrected chi connectivity index (χ0v) is 11.4. The van der Waals surface area contributed by atoms with Gasteiger partial charge < -0.3 is 11.1 Å². The van der Waals surface area contributed by atoms with Crippen LogP contribution in [-0.2, 0) is 6.42 Å². The molecule has 3 nitrogen and oxygen atoms in total. The molecule has 0 aliphatic heterocycles. The molecular formula is C15H15ClN2O. The predicted molar refractivity (Wildman–Crippen MR) is 79.6 cm³/mol. The summed E-state index contributed by atoms with van der Waals surface area (Å²) in [5, 5.41) is 3.21. The van der Waals surface area contributed by atoms with Crippen LogP contribution in [-0.4, -0.2) is 5.91 Å². The summed E-state index contributed by atoms with van der Waals surface area (Å²) in [7, 11) is 0. The summed E-state index contributed by atoms with van der Waals surface area (Å²) >= 11 is 5.90. The van der Waals surface area contributed by atoms with Crippen molar-refractivity contribution in [1.29, 1.82) is 0 Å². The second kappa shape index (κ2) is 5.76. The van der Waals surface area contributed by atoms with E-state index in [2.05, 4.69) is 12.2 Å². The van der Waals surface area contributed by atoms with Gasteiger partial charge in [-0.25, -0.2) is 0 Å². The summed E-state index contributed by atoms with van der Waals surface area (Å²) in [6.45, 7) is 2.07. The molecule has 1 amide bonds. The summed E-state index contributed by atoms with van der Waals surface area (Å²) in [5.74, 6) is -0.256. The van der Waals surface area contributed by atoms with Crippen molar-refractivity contribution in [3.63, 3.8) is 0 Å². The van der Waals surface area contributed by atoms with Crippen molar-refractivity contribution in [1.82, 2.24) is 0 Å². The van der Waals surface area contributed by atoms with E-state index in [9.17, 15) is 4.79 Å². The van der Waals surface area contributed by atoms with E-state index >= 15 is 0 Å². The van der Waals surface area contributed by atoms with Crippen LogP contribution >= 0.6 is 11.6 Å². The molecule has 0 spiro atoms. The van der Waals surface area contributed by atoms with Crippen LogP contribution in [0.25, 0.3) is 0 Å². The first kappa shape index (κ1) is 13.4. The molecule has 19 heavy (non-hydrogen) atoms. The van der Waals surface area contributed by atoms with Gasteiger partial charge >= 0.3 is 0 Å². The maximum Gasteiger partial charge on any atom is 0.257 e. The molecule has 98 valence electrons. The van der Waals surface area contributed by atoms with Crippen molar-refractivity contribution in [3.8, 4) is 0 Å². The van der Waals surface area contributed by atoms with Gasteiger partial charge in [-0.05, 0) is 36.2 Å². The van der Waals surface area contributed by atoms with Gasteiger partial charge in [0.1, 0.15) is 0 Å². The third kappa shape index (κ3) is 3.06. The average Bonchev–Trinajstić information content (AvgIpc) is 2.42. The summed E-state index contributed by atoms with van der Waals surface area (Å²) in [6, 6.07) is 12.7. The van der Waals surface area contributed by atoms with Crippen LogP contribution < -0.4 is 11.1 Å². The third-order valence-electron chi connectivity index (χ3n) is 2.89. The number of amides is 1. The highest BCUT2D eigenvalue weighted by molar-refractivity contribution is 6.34. The van der Waals surface area contributed by atoms with Gasteiger partial charge in [-0.2, -0.15) is 0 Å². The molecule has 0 aliphatic carbocycles. The van der Waals surface area contributed by atoms with E-state index in [0.717, 1.165) is 17.7 Å². The van der Waals surface area contributed by atoms with Crippen LogP contribution in [0.15, 0.2) is 42.5 Å². The molecule has 2 aromatic carbocycles. The lowest BCUT2D eigenvalue weighted by Crippen LogP contribution is -2.14. The number of nitrogens with two attached hydrogens (primary N) is 1. The second-order valence-corrected chi connectivity index (χ2v) is 4.62. The van der Waals surface area contributed by atoms with Gasteiger partial charge in [0.05, 0.1) is 16.3 Å². The standard InChI is InChI=1S/C15H15ClN2O/c1-2-10-5-3-6-11(9-10)18-15(19)12-7-4-8-13(16)14(12)17/h3-9H,2,17H2,1H3,(H,18,19). The molecule has 0 aliphatic rings. The van der Waals surface area contributed by atoms with E-state index in [-0.39, 0.29) is 5.91 Å². The minimum absolute atomic E-state index is 0.256. The number of rotatable bonds is 3. The highest BCUT2D eigenvalue weighted by atomic mass is 35.5. The van der Waals surface area contributed by atoms with Gasteiger partial charge in [-0.1, -0.05) is 36.7 Å². The van der Waals surface area contributed by atoms with Crippen molar-refractivity contribution in [2.45, 2.75) is 13.3 Å². The van der Waals surface area contributed by atoms with E-state index in [0.29, 0.717) is 16.3 Å². The summed E-state index contributed by atoms with van der Waals surface area (Å²) in [6.07, 6.45) is 0.920. The first-order valence-electron chi connectivity index (χ1n) is 6.06. The lowest BCUT2D eigenvalue weighted by atomic mass is 10.1. The Morgan fingerprint density at radius 3 is 2.74 bits per heavy atom. The third-order valence-corrected chi connectivity index (χ3v) is 3.22. The minimum Gasteiger partial charge on any atom is -0.397 e. The number of halogens is 1. The lowest BCUT2D eigenvalue weighted by Gasteiger charge is -2.09. The fourth-order valence-corrected chi connectivity index (χ4v) is 1.98. The molecule has 0 saturated carbocycles. The van der Waals surface area contributed by atoms with Gasteiger partial charge in [0.25, 0.3) is 5.91 Å². The topological polar surface area (TPSA) is 55.1 Å². The average molecular weight is 275 g/mol. The van der Waals surface area contributed by atoms with Crippen LogP contribution in [0.4, 0.5) is 11.4 Å². The molecule has 0 aromatic heterocycles. The molecule has 0 bridgehead atoms. The predicted octanol–water partition coefficient (Wildman–Crippen LogP) is 3.74. The molecule has 3 N–H and O–H groups in total. The van der Waals surface area contributed by atoms with Gasteiger partial charge in [0, 0.05) is 5.69 Å². The largest absolute Gasteiger partial charge is 0.397 e. The van der Waals surface area contributed by atoms with Crippen molar-refractivity contribution in [3.05, 3.63) is 58.6 Å². The number of nitrogen functional groups attached to an aromatic ring is 1. The van der Waals surface area contributed by atoms with Crippen LogP contribution in [0, 0.1) is 0 Å². The Kier molecular flexibility index (Phi) is 4.07. The number of para-hydroxylation sites is 1. The van der Waals surface area contributed by atoms with Gasteiger partial charge in [-0.3, -0.25) is 4.79 Å². The van der Waals surface area contributed by atoms with Crippen molar-refractivity contribution in [2.75, 3.05) is 11.1 Å². The molecule has 4 heteroatoms. The molecule has 0 fully saturated rings. The number of hydrogen-bond donors (Lipinski definition) is 2. The Bertz CT molecular complexity index is 611. The Balaban J connectivity index is 2.23.